The largest absolute Gasteiger partial charge is 0.496 e. The molecule has 0 radical (unpaired) electrons. The number of hydrogen-bond donors (Lipinski definition) is 3. The summed E-state index contributed by atoms with van der Waals surface area (Å²) in [5.41, 5.74) is 2.31. The number of benzene rings is 1. The second kappa shape index (κ2) is 10.6. The van der Waals surface area contributed by atoms with E-state index in [9.17, 15) is 9.59 Å². The van der Waals surface area contributed by atoms with Gasteiger partial charge < -0.3 is 15.2 Å². The van der Waals surface area contributed by atoms with Crippen molar-refractivity contribution in [2.45, 2.75) is 26.3 Å². The summed E-state index contributed by atoms with van der Waals surface area (Å²) in [6, 6.07) is 5.12. The third kappa shape index (κ3) is 5.47. The van der Waals surface area contributed by atoms with Crippen LogP contribution < -0.4 is 15.4 Å². The fourth-order valence-electron chi connectivity index (χ4n) is 3.21. The Labute approximate surface area is 190 Å². The van der Waals surface area contributed by atoms with E-state index < -0.39 is 6.09 Å². The number of carbonyl (C=O) groups excluding carboxylic acids is 1. The summed E-state index contributed by atoms with van der Waals surface area (Å²) in [6.45, 7) is 3.05. The minimum Gasteiger partial charge on any atom is -0.496 e. The maximum atomic E-state index is 12.4. The van der Waals surface area contributed by atoms with E-state index in [1.54, 1.807) is 29.1 Å². The molecule has 176 valence electrons. The molecule has 2 heterocycles. The lowest BCUT2D eigenvalue weighted by molar-refractivity contribution is -0.0757. The van der Waals surface area contributed by atoms with Gasteiger partial charge in [0.25, 0.3) is 5.91 Å². The van der Waals surface area contributed by atoms with Crippen molar-refractivity contribution in [2.75, 3.05) is 38.4 Å². The number of unbranched alkanes of at least 4 members (excludes halogenated alkanes) is 1. The van der Waals surface area contributed by atoms with Gasteiger partial charge >= 0.3 is 6.09 Å². The lowest BCUT2D eigenvalue weighted by atomic mass is 10.1. The van der Waals surface area contributed by atoms with Gasteiger partial charge in [0.05, 0.1) is 27.0 Å². The van der Waals surface area contributed by atoms with Crippen LogP contribution in [0.15, 0.2) is 24.4 Å². The number of fused-ring (bicyclic) bond motifs is 1. The number of aromatic nitrogens is 4. The molecule has 0 aliphatic heterocycles. The number of nitrogens with one attached hydrogen (secondary N) is 2. The van der Waals surface area contributed by atoms with Gasteiger partial charge in [0.15, 0.2) is 5.82 Å². The van der Waals surface area contributed by atoms with Crippen LogP contribution >= 0.6 is 0 Å². The van der Waals surface area contributed by atoms with Crippen LogP contribution in [-0.4, -0.2) is 69.7 Å². The van der Waals surface area contributed by atoms with E-state index in [1.807, 2.05) is 0 Å². The fraction of sp³-hybridized carbons (Fsp3) is 0.381. The molecule has 0 fully saturated rings. The second-order valence-corrected chi connectivity index (χ2v) is 7.15. The van der Waals surface area contributed by atoms with Crippen LogP contribution in [0, 0.1) is 0 Å². The first-order valence-electron chi connectivity index (χ1n) is 10.3. The molecule has 2 amide bonds. The quantitative estimate of drug-likeness (QED) is 0.309. The molecule has 33 heavy (non-hydrogen) atoms. The predicted molar refractivity (Wildman–Crippen MR) is 122 cm³/mol. The summed E-state index contributed by atoms with van der Waals surface area (Å²) < 4.78 is 7.21. The van der Waals surface area contributed by atoms with Crippen LogP contribution in [0.5, 0.6) is 5.75 Å². The molecular formula is C21H27N7O5. The first kappa shape index (κ1) is 23.7. The zero-order chi connectivity index (χ0) is 24.0. The third-order valence-electron chi connectivity index (χ3n) is 4.94. The summed E-state index contributed by atoms with van der Waals surface area (Å²) in [7, 11) is 4.47. The Morgan fingerprint density at radius 2 is 2.03 bits per heavy atom. The smallest absolute Gasteiger partial charge is 0.411 e. The molecule has 0 spiro atoms. The summed E-state index contributed by atoms with van der Waals surface area (Å²) in [5.74, 6) is 0.652. The van der Waals surface area contributed by atoms with Crippen LogP contribution in [0.3, 0.4) is 0 Å². The van der Waals surface area contributed by atoms with E-state index in [1.165, 1.54) is 21.3 Å². The minimum atomic E-state index is -1.25. The van der Waals surface area contributed by atoms with Crippen molar-refractivity contribution in [3.05, 3.63) is 35.5 Å². The van der Waals surface area contributed by atoms with Gasteiger partial charge in [-0.05, 0) is 18.6 Å². The molecule has 12 nitrogen and oxygen atoms in total. The highest BCUT2D eigenvalue weighted by Crippen LogP contribution is 2.26. The lowest BCUT2D eigenvalue weighted by Gasteiger charge is -2.16. The van der Waals surface area contributed by atoms with Gasteiger partial charge in [0, 0.05) is 24.7 Å². The van der Waals surface area contributed by atoms with E-state index in [0.29, 0.717) is 41.3 Å². The van der Waals surface area contributed by atoms with Crippen LogP contribution in [0.1, 0.15) is 35.7 Å². The van der Waals surface area contributed by atoms with Gasteiger partial charge in [-0.2, -0.15) is 10.1 Å². The van der Waals surface area contributed by atoms with Crippen molar-refractivity contribution < 1.29 is 24.3 Å². The molecule has 0 aliphatic rings. The monoisotopic (exact) mass is 457 g/mol. The highest BCUT2D eigenvalue weighted by molar-refractivity contribution is 5.94. The summed E-state index contributed by atoms with van der Waals surface area (Å²) >= 11 is 0. The van der Waals surface area contributed by atoms with Gasteiger partial charge in [0.2, 0.25) is 5.95 Å². The van der Waals surface area contributed by atoms with Gasteiger partial charge in [-0.15, -0.1) is 0 Å². The van der Waals surface area contributed by atoms with E-state index in [-0.39, 0.29) is 11.9 Å². The fourth-order valence-corrected chi connectivity index (χ4v) is 3.21. The number of hydroxylamine groups is 2. The van der Waals surface area contributed by atoms with Gasteiger partial charge in [-0.3, -0.25) is 19.6 Å². The van der Waals surface area contributed by atoms with E-state index in [0.717, 1.165) is 23.5 Å². The van der Waals surface area contributed by atoms with Crippen LogP contribution in [0.25, 0.3) is 11.0 Å². The highest BCUT2D eigenvalue weighted by atomic mass is 16.7. The normalized spacial score (nSPS) is 10.8. The van der Waals surface area contributed by atoms with Crippen molar-refractivity contribution in [1.82, 2.24) is 24.8 Å². The van der Waals surface area contributed by atoms with Crippen molar-refractivity contribution in [3.8, 4) is 5.75 Å². The number of methoxy groups -OCH3 is 1. The van der Waals surface area contributed by atoms with Crippen molar-refractivity contribution in [3.63, 3.8) is 0 Å². The number of carbonyl (C=O) groups is 2. The topological polar surface area (TPSA) is 144 Å². The molecule has 2 aromatic heterocycles. The van der Waals surface area contributed by atoms with Gasteiger partial charge in [0.1, 0.15) is 16.8 Å². The number of ether oxygens (including phenoxy) is 1. The highest BCUT2D eigenvalue weighted by Gasteiger charge is 2.18. The molecule has 0 saturated heterocycles. The molecule has 0 unspecified atom stereocenters. The van der Waals surface area contributed by atoms with Crippen molar-refractivity contribution >= 4 is 34.8 Å². The molecule has 0 bridgehead atoms. The zero-order valence-electron chi connectivity index (χ0n) is 19.0. The van der Waals surface area contributed by atoms with Crippen LogP contribution in [0.2, 0.25) is 0 Å². The zero-order valence-corrected chi connectivity index (χ0v) is 19.0. The first-order chi connectivity index (χ1) is 15.9. The standard InChI is InChI=1S/C21H27N7O5/c1-5-6-9-22-18-17-15(24-20(25-18)26-21(30)31)11-23-28(17)12-14-8-7-13(10-16(14)32-3)19(29)27(2)33-4/h7-8,10-11H,5-6,9,12H2,1-4H3,(H,30,31)(H2,22,24,25,26). The number of rotatable bonds is 10. The maximum Gasteiger partial charge on any atom is 0.411 e. The Kier molecular flexibility index (Phi) is 7.61. The van der Waals surface area contributed by atoms with E-state index in [4.69, 9.17) is 14.7 Å². The first-order valence-corrected chi connectivity index (χ1v) is 10.3. The van der Waals surface area contributed by atoms with E-state index >= 15 is 0 Å². The summed E-state index contributed by atoms with van der Waals surface area (Å²) in [5, 5.41) is 20.0. The number of hydrogen-bond acceptors (Lipinski definition) is 8. The predicted octanol–water partition coefficient (Wildman–Crippen LogP) is 2.82. The van der Waals surface area contributed by atoms with Gasteiger partial charge in [-0.25, -0.2) is 14.8 Å². The molecule has 0 atom stereocenters. The Hall–Kier alpha value is -3.93. The Morgan fingerprint density at radius 3 is 2.70 bits per heavy atom. The van der Waals surface area contributed by atoms with Crippen LogP contribution in [0.4, 0.5) is 16.6 Å². The second-order valence-electron chi connectivity index (χ2n) is 7.15. The Balaban J connectivity index is 1.98. The van der Waals surface area contributed by atoms with E-state index in [2.05, 4.69) is 32.6 Å². The average Bonchev–Trinajstić information content (AvgIpc) is 3.20. The minimum absolute atomic E-state index is 0.0312. The average molecular weight is 457 g/mol. The summed E-state index contributed by atoms with van der Waals surface area (Å²) in [4.78, 5) is 37.0. The summed E-state index contributed by atoms with van der Waals surface area (Å²) in [6.07, 6.45) is 2.20. The SMILES string of the molecule is CCCCNc1nc(NC(=O)O)nc2cnn(Cc3ccc(C(=O)N(C)OC)cc3OC)c12. The van der Waals surface area contributed by atoms with Crippen molar-refractivity contribution in [2.24, 2.45) is 0 Å². The molecule has 0 aliphatic carbocycles. The number of nitrogens with zero attached hydrogens (tertiary/aromatic N) is 5. The Bertz CT molecular complexity index is 1150. The number of carboxylic acid groups (broad SMARTS) is 1. The van der Waals surface area contributed by atoms with Crippen LogP contribution in [-0.2, 0) is 11.4 Å². The molecule has 3 N–H and O–H groups in total. The Morgan fingerprint density at radius 1 is 1.24 bits per heavy atom. The number of anilines is 2. The molecule has 12 heteroatoms. The molecule has 0 saturated carbocycles. The molecular weight excluding hydrogens is 430 g/mol. The van der Waals surface area contributed by atoms with Crippen molar-refractivity contribution in [1.29, 1.82) is 0 Å². The molecule has 1 aromatic carbocycles. The molecule has 3 aromatic rings. The van der Waals surface area contributed by atoms with Gasteiger partial charge in [-0.1, -0.05) is 19.4 Å². The molecule has 3 rings (SSSR count). The third-order valence-corrected chi connectivity index (χ3v) is 4.94. The lowest BCUT2D eigenvalue weighted by Crippen LogP contribution is -2.25. The maximum absolute atomic E-state index is 12.4. The number of amides is 2.